The highest BCUT2D eigenvalue weighted by molar-refractivity contribution is 5.99. The minimum absolute atomic E-state index is 0.184. The molecule has 0 spiro atoms. The predicted molar refractivity (Wildman–Crippen MR) is 117 cm³/mol. The van der Waals surface area contributed by atoms with Crippen LogP contribution in [0.1, 0.15) is 32.2 Å². The largest absolute Gasteiger partial charge is 0.467 e. The Morgan fingerprint density at radius 2 is 1.91 bits per heavy atom. The number of nitrogens with two attached hydrogens (primary N) is 1. The van der Waals surface area contributed by atoms with Crippen molar-refractivity contribution < 1.29 is 28.4 Å². The molecule has 13 heteroatoms. The van der Waals surface area contributed by atoms with E-state index in [0.717, 1.165) is 7.11 Å². The second-order valence-corrected chi connectivity index (χ2v) is 6.85. The van der Waals surface area contributed by atoms with Gasteiger partial charge in [0.2, 0.25) is 5.91 Å². The monoisotopic (exact) mass is 459 g/mol. The van der Waals surface area contributed by atoms with E-state index < -0.39 is 29.7 Å². The second kappa shape index (κ2) is 11.3. The van der Waals surface area contributed by atoms with Crippen molar-refractivity contribution in [1.82, 2.24) is 21.1 Å². The third-order valence-corrected chi connectivity index (χ3v) is 4.37. The van der Waals surface area contributed by atoms with Gasteiger partial charge < -0.3 is 36.3 Å². The summed E-state index contributed by atoms with van der Waals surface area (Å²) in [6.07, 6.45) is 0. The molecular weight excluding hydrogens is 434 g/mol. The summed E-state index contributed by atoms with van der Waals surface area (Å²) in [5.41, 5.74) is 6.48. The fourth-order valence-electron chi connectivity index (χ4n) is 2.81. The molecule has 7 N–H and O–H groups in total. The number of anilines is 1. The number of carbonyl (C=O) groups is 4. The van der Waals surface area contributed by atoms with Crippen LogP contribution in [-0.2, 0) is 14.3 Å². The number of hydrogen-bond acceptors (Lipinski definition) is 8. The first kappa shape index (κ1) is 24.8. The summed E-state index contributed by atoms with van der Waals surface area (Å²) >= 11 is 0. The molecule has 0 saturated carbocycles. The van der Waals surface area contributed by atoms with Gasteiger partial charge in [-0.15, -0.1) is 0 Å². The van der Waals surface area contributed by atoms with Crippen molar-refractivity contribution in [3.8, 4) is 0 Å². The van der Waals surface area contributed by atoms with Gasteiger partial charge in [0.15, 0.2) is 5.96 Å². The van der Waals surface area contributed by atoms with E-state index in [9.17, 15) is 19.2 Å². The average Bonchev–Trinajstić information content (AvgIpc) is 3.11. The lowest BCUT2D eigenvalue weighted by molar-refractivity contribution is -0.142. The van der Waals surface area contributed by atoms with Crippen LogP contribution >= 0.6 is 0 Å². The molecule has 0 aliphatic heterocycles. The van der Waals surface area contributed by atoms with Crippen molar-refractivity contribution in [3.05, 3.63) is 46.8 Å². The van der Waals surface area contributed by atoms with Gasteiger partial charge >= 0.3 is 5.97 Å². The second-order valence-electron chi connectivity index (χ2n) is 6.85. The molecule has 1 atom stereocenters. The topological polar surface area (TPSA) is 202 Å². The summed E-state index contributed by atoms with van der Waals surface area (Å²) in [7, 11) is 1.15. The van der Waals surface area contributed by atoms with Crippen LogP contribution in [0.5, 0.6) is 0 Å². The van der Waals surface area contributed by atoms with Crippen LogP contribution in [0.3, 0.4) is 0 Å². The molecule has 2 aromatic rings. The Hall–Kier alpha value is -4.42. The van der Waals surface area contributed by atoms with Crippen molar-refractivity contribution in [2.75, 3.05) is 25.5 Å². The Balaban J connectivity index is 1.91. The highest BCUT2D eigenvalue weighted by Gasteiger charge is 2.26. The van der Waals surface area contributed by atoms with Crippen LogP contribution in [0, 0.1) is 19.3 Å². The molecule has 0 bridgehead atoms. The van der Waals surface area contributed by atoms with Crippen LogP contribution in [-0.4, -0.2) is 61.0 Å². The Labute approximate surface area is 188 Å². The normalized spacial score (nSPS) is 11.1. The van der Waals surface area contributed by atoms with Gasteiger partial charge in [-0.1, -0.05) is 11.2 Å². The van der Waals surface area contributed by atoms with Crippen molar-refractivity contribution in [1.29, 1.82) is 5.41 Å². The number of aryl methyl sites for hydroxylation is 2. The van der Waals surface area contributed by atoms with Crippen molar-refractivity contribution >= 4 is 35.3 Å². The summed E-state index contributed by atoms with van der Waals surface area (Å²) in [5, 5.41) is 20.8. The van der Waals surface area contributed by atoms with Gasteiger partial charge in [-0.05, 0) is 32.0 Å². The van der Waals surface area contributed by atoms with E-state index in [4.69, 9.17) is 15.7 Å². The molecular formula is C20H25N7O6. The highest BCUT2D eigenvalue weighted by atomic mass is 16.5. The van der Waals surface area contributed by atoms with Crippen LogP contribution in [0.25, 0.3) is 0 Å². The molecule has 0 fully saturated rings. The third kappa shape index (κ3) is 7.05. The molecule has 1 unspecified atom stereocenters. The summed E-state index contributed by atoms with van der Waals surface area (Å²) in [6.45, 7) is 2.48. The third-order valence-electron chi connectivity index (χ3n) is 4.37. The first-order valence-corrected chi connectivity index (χ1v) is 9.70. The fraction of sp³-hybridized carbons (Fsp3) is 0.300. The van der Waals surface area contributed by atoms with Crippen molar-refractivity contribution in [2.24, 2.45) is 5.73 Å². The van der Waals surface area contributed by atoms with E-state index in [1.807, 2.05) is 0 Å². The molecule has 0 aliphatic rings. The van der Waals surface area contributed by atoms with E-state index in [2.05, 4.69) is 31.2 Å². The number of nitrogens with zero attached hydrogens (tertiary/aromatic N) is 1. The SMILES string of the molecule is COC(=O)C(CNC(=O)CNC(=O)c1cccc(NC(=N)N)c1)NC(=O)c1c(C)noc1C. The van der Waals surface area contributed by atoms with Crippen LogP contribution < -0.4 is 27.0 Å². The zero-order valence-corrected chi connectivity index (χ0v) is 18.3. The number of hydrogen-bond donors (Lipinski definition) is 6. The van der Waals surface area contributed by atoms with Gasteiger partial charge in [-0.2, -0.15) is 0 Å². The van der Waals surface area contributed by atoms with E-state index in [0.29, 0.717) is 11.4 Å². The number of aromatic nitrogens is 1. The minimum Gasteiger partial charge on any atom is -0.467 e. The Bertz CT molecular complexity index is 1050. The van der Waals surface area contributed by atoms with E-state index in [-0.39, 0.29) is 35.9 Å². The molecule has 0 saturated heterocycles. The molecule has 176 valence electrons. The number of rotatable bonds is 9. The zero-order chi connectivity index (χ0) is 24.5. The lowest BCUT2D eigenvalue weighted by Crippen LogP contribution is -2.50. The Morgan fingerprint density at radius 1 is 1.18 bits per heavy atom. The van der Waals surface area contributed by atoms with Gasteiger partial charge in [-0.3, -0.25) is 19.8 Å². The molecule has 1 heterocycles. The highest BCUT2D eigenvalue weighted by Crippen LogP contribution is 2.12. The van der Waals surface area contributed by atoms with Gasteiger partial charge in [0.05, 0.1) is 19.3 Å². The van der Waals surface area contributed by atoms with E-state index in [1.165, 1.54) is 12.1 Å². The average molecular weight is 459 g/mol. The van der Waals surface area contributed by atoms with Crippen molar-refractivity contribution in [2.45, 2.75) is 19.9 Å². The van der Waals surface area contributed by atoms with E-state index in [1.54, 1.807) is 26.0 Å². The maximum absolute atomic E-state index is 12.5. The van der Waals surface area contributed by atoms with Crippen LogP contribution in [0.4, 0.5) is 5.69 Å². The minimum atomic E-state index is -1.18. The predicted octanol–water partition coefficient (Wildman–Crippen LogP) is -0.586. The number of benzene rings is 1. The first-order valence-electron chi connectivity index (χ1n) is 9.70. The summed E-state index contributed by atoms with van der Waals surface area (Å²) in [6, 6.07) is 5.02. The molecule has 13 nitrogen and oxygen atoms in total. The number of nitrogens with one attached hydrogen (secondary N) is 5. The Morgan fingerprint density at radius 3 is 2.52 bits per heavy atom. The molecule has 3 amide bonds. The lowest BCUT2D eigenvalue weighted by Gasteiger charge is -2.17. The quantitative estimate of drug-likeness (QED) is 0.161. The maximum Gasteiger partial charge on any atom is 0.330 e. The van der Waals surface area contributed by atoms with Crippen LogP contribution in [0.15, 0.2) is 28.8 Å². The number of esters is 1. The summed E-state index contributed by atoms with van der Waals surface area (Å²) in [5.74, 6) is -2.51. The van der Waals surface area contributed by atoms with Crippen molar-refractivity contribution in [3.63, 3.8) is 0 Å². The number of methoxy groups -OCH3 is 1. The van der Waals surface area contributed by atoms with Gasteiger partial charge in [0, 0.05) is 17.8 Å². The Kier molecular flexibility index (Phi) is 8.49. The molecule has 1 aromatic carbocycles. The number of carbonyl (C=O) groups excluding carboxylic acids is 4. The molecule has 2 rings (SSSR count). The molecule has 0 aliphatic carbocycles. The summed E-state index contributed by atoms with van der Waals surface area (Å²) in [4.78, 5) is 48.9. The van der Waals surface area contributed by atoms with Crippen LogP contribution in [0.2, 0.25) is 0 Å². The fourth-order valence-corrected chi connectivity index (χ4v) is 2.81. The van der Waals surface area contributed by atoms with E-state index >= 15 is 0 Å². The zero-order valence-electron chi connectivity index (χ0n) is 18.3. The van der Waals surface area contributed by atoms with Gasteiger partial charge in [0.25, 0.3) is 11.8 Å². The lowest BCUT2D eigenvalue weighted by atomic mass is 10.1. The first-order chi connectivity index (χ1) is 15.6. The molecule has 0 radical (unpaired) electrons. The number of ether oxygens (including phenoxy) is 1. The molecule has 33 heavy (non-hydrogen) atoms. The smallest absolute Gasteiger partial charge is 0.330 e. The molecule has 1 aromatic heterocycles. The van der Waals surface area contributed by atoms with Gasteiger partial charge in [0.1, 0.15) is 17.4 Å². The van der Waals surface area contributed by atoms with Gasteiger partial charge in [-0.25, -0.2) is 4.79 Å². The maximum atomic E-state index is 12.5. The number of amides is 3. The standard InChI is InChI=1S/C20H25N7O6/c1-10-16(11(2)33-27-10)18(30)26-14(19(31)32-3)8-23-15(28)9-24-17(29)12-5-4-6-13(7-12)25-20(21)22/h4-7,14H,8-9H2,1-3H3,(H,23,28)(H,24,29)(H,26,30)(H4,21,22,25). The summed E-state index contributed by atoms with van der Waals surface area (Å²) < 4.78 is 9.62. The number of guanidine groups is 1.